The number of nitrogens with two attached hydrogens (primary N) is 1. The van der Waals surface area contributed by atoms with Crippen LogP contribution in [-0.4, -0.2) is 9.78 Å². The summed E-state index contributed by atoms with van der Waals surface area (Å²) in [7, 11) is 1.91. The van der Waals surface area contributed by atoms with Crippen LogP contribution in [0.2, 0.25) is 0 Å². The first-order valence-corrected chi connectivity index (χ1v) is 8.39. The van der Waals surface area contributed by atoms with Crippen LogP contribution in [0.4, 0.5) is 5.69 Å². The van der Waals surface area contributed by atoms with Gasteiger partial charge in [-0.25, -0.2) is 0 Å². The Bertz CT molecular complexity index is 617. The molecular formula is C13H14Br3N3O. The molecule has 0 atom stereocenters. The molecule has 1 aromatic heterocycles. The summed E-state index contributed by atoms with van der Waals surface area (Å²) >= 11 is 10.5. The standard InChI is InChI=1S/C13H14Br3N3O/c1-3-10-12(16)11(19(2)18-10)6-20-13-8(14)4-7(17)5-9(13)15/h4-5H,3,6,17H2,1-2H3. The van der Waals surface area contributed by atoms with Gasteiger partial charge in [-0.05, 0) is 66.3 Å². The van der Waals surface area contributed by atoms with Gasteiger partial charge < -0.3 is 10.5 Å². The van der Waals surface area contributed by atoms with Crippen LogP contribution in [0.1, 0.15) is 18.3 Å². The third-order valence-corrected chi connectivity index (χ3v) is 4.97. The Kier molecular flexibility index (Phi) is 5.14. The van der Waals surface area contributed by atoms with Gasteiger partial charge in [-0.2, -0.15) is 5.10 Å². The number of benzene rings is 1. The molecule has 0 bridgehead atoms. The smallest absolute Gasteiger partial charge is 0.148 e. The average Bonchev–Trinajstić information content (AvgIpc) is 2.64. The van der Waals surface area contributed by atoms with Crippen LogP contribution < -0.4 is 10.5 Å². The number of ether oxygens (including phenoxy) is 1. The minimum absolute atomic E-state index is 0.422. The number of hydrogen-bond donors (Lipinski definition) is 1. The molecule has 2 N–H and O–H groups in total. The maximum atomic E-state index is 5.89. The lowest BCUT2D eigenvalue weighted by Crippen LogP contribution is -2.04. The van der Waals surface area contributed by atoms with Gasteiger partial charge in [0.25, 0.3) is 0 Å². The molecule has 0 aliphatic heterocycles. The zero-order valence-corrected chi connectivity index (χ0v) is 15.8. The minimum Gasteiger partial charge on any atom is -0.485 e. The van der Waals surface area contributed by atoms with Crippen molar-refractivity contribution >= 4 is 53.5 Å². The highest BCUT2D eigenvalue weighted by Gasteiger charge is 2.15. The van der Waals surface area contributed by atoms with Gasteiger partial charge in [-0.15, -0.1) is 0 Å². The molecule has 0 fully saturated rings. The molecule has 7 heteroatoms. The first-order chi connectivity index (χ1) is 9.43. The summed E-state index contributed by atoms with van der Waals surface area (Å²) in [4.78, 5) is 0. The van der Waals surface area contributed by atoms with E-state index in [1.807, 2.05) is 23.9 Å². The molecule has 0 spiro atoms. The highest BCUT2D eigenvalue weighted by atomic mass is 79.9. The van der Waals surface area contributed by atoms with Crippen LogP contribution in [0, 0.1) is 0 Å². The Morgan fingerprint density at radius 3 is 2.35 bits per heavy atom. The zero-order valence-electron chi connectivity index (χ0n) is 11.1. The monoisotopic (exact) mass is 465 g/mol. The molecule has 0 saturated heterocycles. The van der Waals surface area contributed by atoms with E-state index in [0.717, 1.165) is 37.0 Å². The van der Waals surface area contributed by atoms with Gasteiger partial charge in [0.2, 0.25) is 0 Å². The van der Waals surface area contributed by atoms with Crippen LogP contribution >= 0.6 is 47.8 Å². The van der Waals surface area contributed by atoms with E-state index in [4.69, 9.17) is 10.5 Å². The quantitative estimate of drug-likeness (QED) is 0.677. The molecule has 20 heavy (non-hydrogen) atoms. The van der Waals surface area contributed by atoms with Crippen LogP contribution in [0.25, 0.3) is 0 Å². The first kappa shape index (κ1) is 15.9. The second-order valence-electron chi connectivity index (χ2n) is 4.29. The maximum absolute atomic E-state index is 5.89. The summed E-state index contributed by atoms with van der Waals surface area (Å²) in [5.74, 6) is 0.727. The summed E-state index contributed by atoms with van der Waals surface area (Å²) in [5, 5.41) is 4.45. The lowest BCUT2D eigenvalue weighted by molar-refractivity contribution is 0.290. The third kappa shape index (κ3) is 3.20. The Hall–Kier alpha value is -0.530. The number of hydrogen-bond acceptors (Lipinski definition) is 3. The van der Waals surface area contributed by atoms with Crippen molar-refractivity contribution in [1.29, 1.82) is 0 Å². The van der Waals surface area contributed by atoms with E-state index in [9.17, 15) is 0 Å². The van der Waals surface area contributed by atoms with Crippen molar-refractivity contribution in [2.24, 2.45) is 7.05 Å². The predicted octanol–water partition coefficient (Wildman–Crippen LogP) is 4.43. The summed E-state index contributed by atoms with van der Waals surface area (Å²) in [5.41, 5.74) is 8.47. The topological polar surface area (TPSA) is 53.1 Å². The third-order valence-electron chi connectivity index (χ3n) is 2.88. The fraction of sp³-hybridized carbons (Fsp3) is 0.308. The number of nitrogens with zero attached hydrogens (tertiary/aromatic N) is 2. The Labute approximate surface area is 143 Å². The SMILES string of the molecule is CCc1nn(C)c(COc2c(Br)cc(N)cc2Br)c1Br. The lowest BCUT2D eigenvalue weighted by atomic mass is 10.3. The van der Waals surface area contributed by atoms with E-state index in [1.54, 1.807) is 0 Å². The fourth-order valence-corrected chi connectivity index (χ4v) is 4.02. The number of anilines is 1. The van der Waals surface area contributed by atoms with Crippen LogP contribution in [0.3, 0.4) is 0 Å². The summed E-state index contributed by atoms with van der Waals surface area (Å²) in [6, 6.07) is 3.63. The van der Waals surface area contributed by atoms with E-state index >= 15 is 0 Å². The molecular weight excluding hydrogens is 454 g/mol. The average molecular weight is 468 g/mol. The molecule has 108 valence electrons. The number of aryl methyl sites for hydroxylation is 2. The summed E-state index contributed by atoms with van der Waals surface area (Å²) in [6.07, 6.45) is 0.879. The summed E-state index contributed by atoms with van der Waals surface area (Å²) in [6.45, 7) is 2.50. The van der Waals surface area contributed by atoms with Gasteiger partial charge >= 0.3 is 0 Å². The van der Waals surface area contributed by atoms with Gasteiger partial charge in [0.05, 0.1) is 24.8 Å². The number of rotatable bonds is 4. The Balaban J connectivity index is 2.24. The molecule has 2 rings (SSSR count). The van der Waals surface area contributed by atoms with E-state index in [-0.39, 0.29) is 0 Å². The van der Waals surface area contributed by atoms with Crippen LogP contribution in [-0.2, 0) is 20.1 Å². The van der Waals surface area contributed by atoms with Gasteiger partial charge in [0, 0.05) is 12.7 Å². The number of nitrogen functional groups attached to an aromatic ring is 1. The van der Waals surface area contributed by atoms with Gasteiger partial charge in [-0.1, -0.05) is 6.92 Å². The Morgan fingerprint density at radius 2 is 1.85 bits per heavy atom. The van der Waals surface area contributed by atoms with Gasteiger partial charge in [-0.3, -0.25) is 4.68 Å². The summed E-state index contributed by atoms with van der Waals surface area (Å²) < 4.78 is 10.4. The molecule has 4 nitrogen and oxygen atoms in total. The molecule has 0 saturated carbocycles. The molecule has 0 radical (unpaired) electrons. The van der Waals surface area contributed by atoms with Crippen molar-refractivity contribution < 1.29 is 4.74 Å². The number of aromatic nitrogens is 2. The normalized spacial score (nSPS) is 10.8. The molecule has 2 aromatic rings. The second-order valence-corrected chi connectivity index (χ2v) is 6.79. The molecule has 1 aromatic carbocycles. The van der Waals surface area contributed by atoms with E-state index < -0.39 is 0 Å². The minimum atomic E-state index is 0.422. The van der Waals surface area contributed by atoms with Crippen molar-refractivity contribution in [3.05, 3.63) is 36.9 Å². The number of halogens is 3. The molecule has 1 heterocycles. The van der Waals surface area contributed by atoms with Crippen LogP contribution in [0.5, 0.6) is 5.75 Å². The predicted molar refractivity (Wildman–Crippen MR) is 90.9 cm³/mol. The molecule has 0 unspecified atom stereocenters. The van der Waals surface area contributed by atoms with E-state index in [1.165, 1.54) is 0 Å². The van der Waals surface area contributed by atoms with Crippen molar-refractivity contribution in [1.82, 2.24) is 9.78 Å². The fourth-order valence-electron chi connectivity index (χ4n) is 1.83. The van der Waals surface area contributed by atoms with Gasteiger partial charge in [0.15, 0.2) is 0 Å². The lowest BCUT2D eigenvalue weighted by Gasteiger charge is -2.11. The van der Waals surface area contributed by atoms with Crippen molar-refractivity contribution in [3.63, 3.8) is 0 Å². The molecule has 0 aliphatic carbocycles. The highest BCUT2D eigenvalue weighted by Crippen LogP contribution is 2.36. The van der Waals surface area contributed by atoms with Crippen molar-refractivity contribution in [2.75, 3.05) is 5.73 Å². The van der Waals surface area contributed by atoms with Crippen molar-refractivity contribution in [3.8, 4) is 5.75 Å². The second kappa shape index (κ2) is 6.49. The van der Waals surface area contributed by atoms with Crippen LogP contribution in [0.15, 0.2) is 25.6 Å². The van der Waals surface area contributed by atoms with Crippen molar-refractivity contribution in [2.45, 2.75) is 20.0 Å². The zero-order chi connectivity index (χ0) is 14.9. The van der Waals surface area contributed by atoms with E-state index in [0.29, 0.717) is 12.3 Å². The molecule has 0 aliphatic rings. The maximum Gasteiger partial charge on any atom is 0.148 e. The Morgan fingerprint density at radius 1 is 1.25 bits per heavy atom. The largest absolute Gasteiger partial charge is 0.485 e. The van der Waals surface area contributed by atoms with E-state index in [2.05, 4.69) is 59.8 Å². The first-order valence-electron chi connectivity index (χ1n) is 6.01. The highest BCUT2D eigenvalue weighted by molar-refractivity contribution is 9.11. The van der Waals surface area contributed by atoms with Gasteiger partial charge in [0.1, 0.15) is 12.4 Å². The molecule has 0 amide bonds.